The minimum Gasteiger partial charge on any atom is -0.489 e. The van der Waals surface area contributed by atoms with Gasteiger partial charge < -0.3 is 15.0 Å². The maximum absolute atomic E-state index is 13.6. The summed E-state index contributed by atoms with van der Waals surface area (Å²) in [7, 11) is 14.4. The molecule has 1 unspecified atom stereocenters. The van der Waals surface area contributed by atoms with Crippen LogP contribution in [0.1, 0.15) is 38.3 Å². The topological polar surface area (TPSA) is 67.6 Å². The zero-order valence-electron chi connectivity index (χ0n) is 20.2. The number of anilines is 2. The van der Waals surface area contributed by atoms with Crippen LogP contribution in [0.5, 0.6) is 5.75 Å². The van der Waals surface area contributed by atoms with E-state index in [0.717, 1.165) is 30.1 Å². The van der Waals surface area contributed by atoms with E-state index in [2.05, 4.69) is 62.3 Å². The van der Waals surface area contributed by atoms with Crippen molar-refractivity contribution in [3.8, 4) is 5.75 Å². The third-order valence-electron chi connectivity index (χ3n) is 7.24. The summed E-state index contributed by atoms with van der Waals surface area (Å²) in [6, 6.07) is 5.83. The molecule has 0 amide bonds. The molecule has 2 aliphatic carbocycles. The number of nitrogens with zero attached hydrogens (tertiary/aromatic N) is 5. The van der Waals surface area contributed by atoms with Crippen LogP contribution in [-0.2, 0) is 0 Å². The molecule has 35 heavy (non-hydrogen) atoms. The van der Waals surface area contributed by atoms with Crippen LogP contribution in [0, 0.1) is 18.8 Å². The van der Waals surface area contributed by atoms with Gasteiger partial charge in [-0.3, -0.25) is 4.39 Å². The number of halogens is 2. The Balaban J connectivity index is 1.34. The minimum absolute atomic E-state index is 0.111. The van der Waals surface area contributed by atoms with Crippen LogP contribution >= 0.6 is 34.1 Å². The lowest BCUT2D eigenvalue weighted by atomic mass is 9.61. The van der Waals surface area contributed by atoms with Crippen LogP contribution in [0.15, 0.2) is 24.4 Å². The molecule has 4 radical (unpaired) electrons. The Kier molecular flexibility index (Phi) is 6.51. The van der Waals surface area contributed by atoms with E-state index < -0.39 is 14.4 Å². The maximum atomic E-state index is 13.6. The van der Waals surface area contributed by atoms with Crippen molar-refractivity contribution in [1.29, 1.82) is 0 Å². The number of hydrogen-bond acceptors (Lipinski definition) is 7. The molecule has 3 aromatic heterocycles. The summed E-state index contributed by atoms with van der Waals surface area (Å²) in [5.41, 5.74) is 0.0846. The van der Waals surface area contributed by atoms with Crippen molar-refractivity contribution in [2.45, 2.75) is 54.0 Å². The Labute approximate surface area is 225 Å². The van der Waals surface area contributed by atoms with E-state index in [1.807, 2.05) is 25.3 Å². The Morgan fingerprint density at radius 1 is 1.40 bits per heavy atom. The van der Waals surface area contributed by atoms with Gasteiger partial charge in [0, 0.05) is 25.7 Å². The monoisotopic (exact) mass is 604 g/mol. The fraction of sp³-hybridized carbons (Fsp3) is 0.609. The average Bonchev–Trinajstić information content (AvgIpc) is 3.43. The number of ether oxygens (including phenoxy) is 1. The first-order valence-corrected chi connectivity index (χ1v) is 13.7. The molecule has 1 N–H and O–H groups in total. The molecule has 2 aliphatic rings. The molecule has 0 aromatic carbocycles. The lowest BCUT2D eigenvalue weighted by molar-refractivity contribution is 0.0535. The molecule has 0 saturated heterocycles. The van der Waals surface area contributed by atoms with Gasteiger partial charge in [-0.1, -0.05) is 35.9 Å². The summed E-state index contributed by atoms with van der Waals surface area (Å²) < 4.78 is 25.2. The highest BCUT2D eigenvalue weighted by molar-refractivity contribution is 14.1. The largest absolute Gasteiger partial charge is 0.489 e. The van der Waals surface area contributed by atoms with Crippen molar-refractivity contribution in [3.05, 3.63) is 30.1 Å². The van der Waals surface area contributed by atoms with Crippen LogP contribution in [0.25, 0.3) is 5.65 Å². The number of nitrogens with one attached hydrogen (secondary N) is 1. The summed E-state index contributed by atoms with van der Waals surface area (Å²) in [5, 5.41) is 8.94. The van der Waals surface area contributed by atoms with Crippen molar-refractivity contribution in [2.24, 2.45) is 11.8 Å². The average molecular weight is 604 g/mol. The van der Waals surface area contributed by atoms with Crippen molar-refractivity contribution >= 4 is 66.4 Å². The van der Waals surface area contributed by atoms with E-state index >= 15 is 0 Å². The highest BCUT2D eigenvalue weighted by atomic mass is 127. The molecule has 2 saturated carbocycles. The fourth-order valence-corrected chi connectivity index (χ4v) is 6.92. The molecule has 3 aromatic rings. The van der Waals surface area contributed by atoms with Crippen LogP contribution in [0.2, 0.25) is 5.31 Å². The van der Waals surface area contributed by atoms with Gasteiger partial charge in [0.2, 0.25) is 5.95 Å². The van der Waals surface area contributed by atoms with Crippen LogP contribution in [0.3, 0.4) is 0 Å². The fourth-order valence-electron chi connectivity index (χ4n) is 5.17. The second-order valence-corrected chi connectivity index (χ2v) is 12.9. The molecule has 0 aliphatic heterocycles. The highest BCUT2D eigenvalue weighted by Crippen LogP contribution is 2.58. The van der Waals surface area contributed by atoms with Gasteiger partial charge in [-0.2, -0.15) is 9.36 Å². The van der Waals surface area contributed by atoms with E-state index in [0.29, 0.717) is 36.8 Å². The summed E-state index contributed by atoms with van der Waals surface area (Å²) in [4.78, 5) is 7.00. The number of rotatable bonds is 8. The van der Waals surface area contributed by atoms with Crippen LogP contribution in [-0.4, -0.2) is 64.0 Å². The third-order valence-corrected chi connectivity index (χ3v) is 10.6. The molecule has 12 heteroatoms. The molecule has 0 bridgehead atoms. The van der Waals surface area contributed by atoms with Crippen molar-refractivity contribution in [3.63, 3.8) is 0 Å². The molecule has 5 rings (SSSR count). The lowest BCUT2D eigenvalue weighted by Crippen LogP contribution is -2.47. The summed E-state index contributed by atoms with van der Waals surface area (Å²) in [5.74, 6) is 1.50. The predicted octanol–water partition coefficient (Wildman–Crippen LogP) is 4.55. The van der Waals surface area contributed by atoms with Crippen LogP contribution in [0.4, 0.5) is 15.3 Å². The number of pyridine rings is 1. The number of hydrogen-bond donors (Lipinski definition) is 1. The molecule has 2 fully saturated rings. The van der Waals surface area contributed by atoms with E-state index in [9.17, 15) is 4.39 Å². The first-order chi connectivity index (χ1) is 16.5. The molecule has 182 valence electrons. The van der Waals surface area contributed by atoms with Gasteiger partial charge in [-0.15, -0.1) is 5.10 Å². The smallest absolute Gasteiger partial charge is 0.244 e. The van der Waals surface area contributed by atoms with Crippen molar-refractivity contribution in [1.82, 2.24) is 19.0 Å². The zero-order chi connectivity index (χ0) is 25.0. The summed E-state index contributed by atoms with van der Waals surface area (Å²) in [6.07, 6.45) is 4.36. The third kappa shape index (κ3) is 4.89. The van der Waals surface area contributed by atoms with Gasteiger partial charge in [-0.05, 0) is 67.2 Å². The van der Waals surface area contributed by atoms with E-state index in [1.54, 1.807) is 4.52 Å². The number of alkyl halides is 2. The maximum Gasteiger partial charge on any atom is 0.244 e. The first kappa shape index (κ1) is 25.1. The standard InChI is InChI=1S/C23H28B2FIN6OS/c1-14-9-18(35-31-14)32(3)12-16-6-7-21(2,24)23(16,27)29-20-28-19-17(5-4-8-33(19)30-20)34-13-15-10-22(25,26)11-15/h4-5,8-9,15-16H,6-7,10-13H2,1-3H3,(H,29,30)/t15?,16?,21-,22?,23+/m1/s1. The Morgan fingerprint density at radius 3 is 2.86 bits per heavy atom. The number of aryl methyl sites for hydroxylation is 1. The first-order valence-electron chi connectivity index (χ1n) is 11.8. The van der Waals surface area contributed by atoms with Gasteiger partial charge in [0.15, 0.2) is 11.4 Å². The van der Waals surface area contributed by atoms with Gasteiger partial charge in [0.1, 0.15) is 12.8 Å². The summed E-state index contributed by atoms with van der Waals surface area (Å²) in [6.45, 7) is 5.34. The van der Waals surface area contributed by atoms with E-state index in [-0.39, 0.29) is 11.8 Å². The summed E-state index contributed by atoms with van der Waals surface area (Å²) >= 11 is 3.98. The Morgan fingerprint density at radius 2 is 2.17 bits per heavy atom. The van der Waals surface area contributed by atoms with Gasteiger partial charge in [0.25, 0.3) is 0 Å². The van der Waals surface area contributed by atoms with Gasteiger partial charge >= 0.3 is 0 Å². The second-order valence-electron chi connectivity index (χ2n) is 10.4. The van der Waals surface area contributed by atoms with Crippen LogP contribution < -0.4 is 15.0 Å². The van der Waals surface area contributed by atoms with Crippen molar-refractivity contribution < 1.29 is 9.13 Å². The highest BCUT2D eigenvalue weighted by Gasteiger charge is 2.54. The van der Waals surface area contributed by atoms with Gasteiger partial charge in [0.05, 0.1) is 29.3 Å². The predicted molar refractivity (Wildman–Crippen MR) is 148 cm³/mol. The molecular formula is C23H28B2FIN6OS. The molecule has 0 spiro atoms. The van der Waals surface area contributed by atoms with Crippen molar-refractivity contribution in [2.75, 3.05) is 30.4 Å². The van der Waals surface area contributed by atoms with E-state index in [1.165, 1.54) is 11.5 Å². The minimum atomic E-state index is -1.56. The number of aromatic nitrogens is 4. The second kappa shape index (κ2) is 9.08. The van der Waals surface area contributed by atoms with Gasteiger partial charge in [-0.25, -0.2) is 4.52 Å². The molecular weight excluding hydrogens is 576 g/mol. The number of fused-ring (bicyclic) bond motifs is 1. The Bertz CT molecular complexity index is 1210. The molecule has 7 nitrogen and oxygen atoms in total. The normalized spacial score (nSPS) is 32.5. The Hall–Kier alpha value is -1.56. The van der Waals surface area contributed by atoms with E-state index in [4.69, 9.17) is 25.4 Å². The SMILES string of the molecule is [B]C1(F)CC(COc2cccn3nc(N[C@@]4(I)C(CN(C)c5cc(C)ns5)CC[C@]4([B])C)nc23)C1. The zero-order valence-corrected chi connectivity index (χ0v) is 23.1. The quantitative estimate of drug-likeness (QED) is 0.176. The molecule has 3 atom stereocenters. The lowest BCUT2D eigenvalue weighted by Gasteiger charge is -2.42. The molecule has 3 heterocycles.